The molecule has 118 valence electrons. The number of aliphatic carboxylic acids is 1. The molecule has 1 unspecified atom stereocenters. The molecule has 0 radical (unpaired) electrons. The van der Waals surface area contributed by atoms with E-state index >= 15 is 0 Å². The molecule has 0 bridgehead atoms. The summed E-state index contributed by atoms with van der Waals surface area (Å²) in [5.74, 6) is -1.04. The van der Waals surface area contributed by atoms with Gasteiger partial charge < -0.3 is 5.11 Å². The van der Waals surface area contributed by atoms with Crippen LogP contribution in [0.15, 0.2) is 24.3 Å². The van der Waals surface area contributed by atoms with Crippen molar-refractivity contribution in [2.45, 2.75) is 25.8 Å². The number of hydrogen-bond acceptors (Lipinski definition) is 3. The molecule has 21 heavy (non-hydrogen) atoms. The number of carbonyl (C=O) groups is 1. The summed E-state index contributed by atoms with van der Waals surface area (Å²) in [6, 6.07) is 6.52. The Hall–Kier alpha value is -1.15. The van der Waals surface area contributed by atoms with Gasteiger partial charge in [-0.2, -0.15) is 17.4 Å². The summed E-state index contributed by atoms with van der Waals surface area (Å²) in [7, 11) is -2.39. The molecule has 1 rings (SSSR count). The van der Waals surface area contributed by atoms with Crippen molar-refractivity contribution < 1.29 is 18.3 Å². The predicted molar refractivity (Wildman–Crippen MR) is 81.4 cm³/mol. The molecule has 1 aromatic rings. The van der Waals surface area contributed by atoms with Gasteiger partial charge in [0, 0.05) is 24.7 Å². The molecule has 0 fully saturated rings. The van der Waals surface area contributed by atoms with Gasteiger partial charge >= 0.3 is 5.97 Å². The number of hydrogen-bond donors (Lipinski definition) is 2. The van der Waals surface area contributed by atoms with Gasteiger partial charge in [0.25, 0.3) is 10.2 Å². The first-order valence-corrected chi connectivity index (χ1v) is 8.29. The smallest absolute Gasteiger partial charge is 0.304 e. The van der Waals surface area contributed by atoms with Crippen LogP contribution in [0.4, 0.5) is 0 Å². The standard InChI is InChI=1S/C13H19ClN2O4S/c1-3-12(10-4-6-11(14)7-5-10)15-21(19,20)16(2)9-8-13(17)18/h4-7,12,15H,3,8-9H2,1-2H3,(H,17,18). The normalized spacial score (nSPS) is 13.3. The highest BCUT2D eigenvalue weighted by molar-refractivity contribution is 7.87. The second-order valence-corrected chi connectivity index (χ2v) is 6.85. The summed E-state index contributed by atoms with van der Waals surface area (Å²) in [4.78, 5) is 10.5. The average Bonchev–Trinajstić information content (AvgIpc) is 2.43. The van der Waals surface area contributed by atoms with Crippen LogP contribution >= 0.6 is 11.6 Å². The molecular formula is C13H19ClN2O4S. The molecule has 0 heterocycles. The first-order chi connectivity index (χ1) is 9.76. The van der Waals surface area contributed by atoms with Crippen LogP contribution in [0, 0.1) is 0 Å². The third-order valence-corrected chi connectivity index (χ3v) is 4.86. The van der Waals surface area contributed by atoms with E-state index in [4.69, 9.17) is 16.7 Å². The molecule has 0 aliphatic rings. The van der Waals surface area contributed by atoms with Crippen molar-refractivity contribution in [3.63, 3.8) is 0 Å². The van der Waals surface area contributed by atoms with E-state index in [1.165, 1.54) is 7.05 Å². The number of carboxylic acid groups (broad SMARTS) is 1. The van der Waals surface area contributed by atoms with Gasteiger partial charge in [-0.25, -0.2) is 0 Å². The lowest BCUT2D eigenvalue weighted by molar-refractivity contribution is -0.137. The lowest BCUT2D eigenvalue weighted by Crippen LogP contribution is -2.40. The predicted octanol–water partition coefficient (Wildman–Crippen LogP) is 2.03. The summed E-state index contributed by atoms with van der Waals surface area (Å²) in [5.41, 5.74) is 0.803. The Labute approximate surface area is 129 Å². The summed E-state index contributed by atoms with van der Waals surface area (Å²) in [6.45, 7) is 1.78. The quantitative estimate of drug-likeness (QED) is 0.761. The SMILES string of the molecule is CCC(NS(=O)(=O)N(C)CCC(=O)O)c1ccc(Cl)cc1. The fraction of sp³-hybridized carbons (Fsp3) is 0.462. The maximum absolute atomic E-state index is 12.1. The topological polar surface area (TPSA) is 86.7 Å². The Morgan fingerprint density at radius 2 is 1.95 bits per heavy atom. The molecule has 1 atom stereocenters. The first kappa shape index (κ1) is 17.9. The van der Waals surface area contributed by atoms with Gasteiger partial charge in [0.1, 0.15) is 0 Å². The highest BCUT2D eigenvalue weighted by atomic mass is 35.5. The zero-order chi connectivity index (χ0) is 16.0. The van der Waals surface area contributed by atoms with E-state index in [-0.39, 0.29) is 19.0 Å². The first-order valence-electron chi connectivity index (χ1n) is 6.47. The molecule has 6 nitrogen and oxygen atoms in total. The third-order valence-electron chi connectivity index (χ3n) is 3.02. The Morgan fingerprint density at radius 1 is 1.38 bits per heavy atom. The van der Waals surface area contributed by atoms with Crippen LogP contribution in [0.3, 0.4) is 0 Å². The molecule has 0 saturated heterocycles. The van der Waals surface area contributed by atoms with E-state index in [1.807, 2.05) is 6.92 Å². The van der Waals surface area contributed by atoms with Crippen LogP contribution in [0.25, 0.3) is 0 Å². The van der Waals surface area contributed by atoms with Crippen molar-refractivity contribution >= 4 is 27.8 Å². The molecule has 1 aromatic carbocycles. The van der Waals surface area contributed by atoms with E-state index in [0.29, 0.717) is 11.4 Å². The Balaban J connectivity index is 2.79. The fourth-order valence-electron chi connectivity index (χ4n) is 1.73. The van der Waals surface area contributed by atoms with Gasteiger partial charge in [0.15, 0.2) is 0 Å². The Bertz CT molecular complexity index is 574. The van der Waals surface area contributed by atoms with Crippen molar-refractivity contribution in [3.8, 4) is 0 Å². The second-order valence-electron chi connectivity index (χ2n) is 4.60. The summed E-state index contributed by atoms with van der Waals surface area (Å²) < 4.78 is 27.9. The minimum Gasteiger partial charge on any atom is -0.481 e. The van der Waals surface area contributed by atoms with Crippen LogP contribution in [0.2, 0.25) is 5.02 Å². The van der Waals surface area contributed by atoms with Gasteiger partial charge in [-0.3, -0.25) is 4.79 Å². The maximum atomic E-state index is 12.1. The molecule has 0 aliphatic carbocycles. The molecule has 2 N–H and O–H groups in total. The molecule has 0 saturated carbocycles. The van der Waals surface area contributed by atoms with E-state index in [2.05, 4.69) is 4.72 Å². The Morgan fingerprint density at radius 3 is 2.43 bits per heavy atom. The summed E-state index contributed by atoms with van der Waals surface area (Å²) in [6.07, 6.45) is 0.322. The van der Waals surface area contributed by atoms with E-state index in [9.17, 15) is 13.2 Å². The highest BCUT2D eigenvalue weighted by Crippen LogP contribution is 2.20. The molecule has 0 aliphatic heterocycles. The fourth-order valence-corrected chi connectivity index (χ4v) is 3.03. The van der Waals surface area contributed by atoms with E-state index < -0.39 is 16.2 Å². The lowest BCUT2D eigenvalue weighted by atomic mass is 10.1. The number of benzene rings is 1. The highest BCUT2D eigenvalue weighted by Gasteiger charge is 2.22. The monoisotopic (exact) mass is 334 g/mol. The van der Waals surface area contributed by atoms with E-state index in [0.717, 1.165) is 9.87 Å². The summed E-state index contributed by atoms with van der Waals surface area (Å²) in [5, 5.41) is 9.18. The second kappa shape index (κ2) is 7.74. The molecular weight excluding hydrogens is 316 g/mol. The van der Waals surface area contributed by atoms with Crippen LogP contribution in [-0.2, 0) is 15.0 Å². The van der Waals surface area contributed by atoms with Gasteiger partial charge in [0.2, 0.25) is 0 Å². The van der Waals surface area contributed by atoms with Crippen molar-refractivity contribution in [1.29, 1.82) is 0 Å². The van der Waals surface area contributed by atoms with Gasteiger partial charge in [-0.05, 0) is 24.1 Å². The van der Waals surface area contributed by atoms with Gasteiger partial charge in [-0.1, -0.05) is 30.7 Å². The number of nitrogens with one attached hydrogen (secondary N) is 1. The lowest BCUT2D eigenvalue weighted by Gasteiger charge is -2.22. The minimum atomic E-state index is -3.74. The number of nitrogens with zero attached hydrogens (tertiary/aromatic N) is 1. The molecule has 0 aromatic heterocycles. The zero-order valence-electron chi connectivity index (χ0n) is 11.9. The van der Waals surface area contributed by atoms with Gasteiger partial charge in [-0.15, -0.1) is 0 Å². The van der Waals surface area contributed by atoms with E-state index in [1.54, 1.807) is 24.3 Å². The van der Waals surface area contributed by atoms with Crippen molar-refractivity contribution in [2.75, 3.05) is 13.6 Å². The number of carboxylic acids is 1. The number of halogens is 1. The third kappa shape index (κ3) is 5.62. The van der Waals surface area contributed by atoms with Gasteiger partial charge in [0.05, 0.1) is 6.42 Å². The molecule has 0 spiro atoms. The Kier molecular flexibility index (Phi) is 6.60. The maximum Gasteiger partial charge on any atom is 0.304 e. The van der Waals surface area contributed by atoms with Crippen LogP contribution < -0.4 is 4.72 Å². The number of rotatable bonds is 8. The van der Waals surface area contributed by atoms with Crippen LogP contribution in [0.5, 0.6) is 0 Å². The zero-order valence-corrected chi connectivity index (χ0v) is 13.5. The van der Waals surface area contributed by atoms with Crippen molar-refractivity contribution in [2.24, 2.45) is 0 Å². The molecule has 0 amide bonds. The minimum absolute atomic E-state index is 0.0816. The average molecular weight is 335 g/mol. The van der Waals surface area contributed by atoms with Crippen LogP contribution in [0.1, 0.15) is 31.4 Å². The molecule has 8 heteroatoms. The largest absolute Gasteiger partial charge is 0.481 e. The summed E-state index contributed by atoms with van der Waals surface area (Å²) >= 11 is 5.81. The van der Waals surface area contributed by atoms with Crippen molar-refractivity contribution in [1.82, 2.24) is 9.03 Å². The van der Waals surface area contributed by atoms with Crippen LogP contribution in [-0.4, -0.2) is 37.4 Å². The van der Waals surface area contributed by atoms with Crippen molar-refractivity contribution in [3.05, 3.63) is 34.9 Å².